The third kappa shape index (κ3) is 26.5. The van der Waals surface area contributed by atoms with Crippen molar-refractivity contribution < 1.29 is 86.6 Å². The van der Waals surface area contributed by atoms with E-state index in [1.807, 2.05) is 133 Å². The van der Waals surface area contributed by atoms with Crippen molar-refractivity contribution >= 4 is 166 Å². The van der Waals surface area contributed by atoms with Gasteiger partial charge in [-0.3, -0.25) is 22.4 Å². The van der Waals surface area contributed by atoms with Crippen LogP contribution in [0.4, 0.5) is 45.0 Å². The number of aldehydes is 1. The van der Waals surface area contributed by atoms with Crippen LogP contribution in [0.2, 0.25) is 5.02 Å². The van der Waals surface area contributed by atoms with Crippen molar-refractivity contribution in [1.82, 2.24) is 68.7 Å². The maximum absolute atomic E-state index is 12.6. The number of piperidine rings is 3. The molecule has 0 radical (unpaired) electrons. The third-order valence-electron chi connectivity index (χ3n) is 22.1. The number of imidazole rings is 3. The molecular formula is C79H95ClF4N35NaO8S6. The maximum Gasteiger partial charge on any atom is 1.00 e. The van der Waals surface area contributed by atoms with Crippen molar-refractivity contribution in [3.63, 3.8) is 0 Å². The van der Waals surface area contributed by atoms with E-state index < -0.39 is 30.8 Å². The summed E-state index contributed by atoms with van der Waals surface area (Å²) >= 11 is 19.5. The number of hydrogen-bond donors (Lipinski definition) is 5. The number of nitrogens with two attached hydrogens (primary N) is 2. The first-order valence-corrected chi connectivity index (χ1v) is 46.1. The zero-order chi connectivity index (χ0) is 95.8. The molecule has 7 N–H and O–H groups in total. The molecule has 12 aromatic rings. The number of pyridine rings is 3. The van der Waals surface area contributed by atoms with Crippen molar-refractivity contribution in [2.45, 2.75) is 179 Å². The fourth-order valence-corrected chi connectivity index (χ4v) is 20.8. The summed E-state index contributed by atoms with van der Waals surface area (Å²) in [6.07, 6.45) is 21.5. The van der Waals surface area contributed by atoms with E-state index in [9.17, 15) is 27.2 Å². The zero-order valence-electron chi connectivity index (χ0n) is 75.2. The topological polar surface area (TPSA) is 522 Å². The first-order valence-electron chi connectivity index (χ1n) is 41.7. The summed E-state index contributed by atoms with van der Waals surface area (Å²) in [5.74, 6) is 7.26. The largest absolute Gasteiger partial charge is 1.00 e. The summed E-state index contributed by atoms with van der Waals surface area (Å²) in [6, 6.07) is 12.1. The Balaban J connectivity index is 0.000000165. The molecule has 0 unspecified atom stereocenters. The fourth-order valence-electron chi connectivity index (χ4n) is 15.9. The summed E-state index contributed by atoms with van der Waals surface area (Å²) in [6.45, 7) is 24.5. The van der Waals surface area contributed by atoms with E-state index in [0.29, 0.717) is 18.1 Å². The van der Waals surface area contributed by atoms with E-state index in [0.717, 1.165) is 164 Å². The molecule has 134 heavy (non-hydrogen) atoms. The number of anilines is 3. The molecule has 18 rings (SSSR count). The molecule has 6 atom stereocenters. The van der Waals surface area contributed by atoms with E-state index in [4.69, 9.17) is 75.3 Å². The number of thiophene rings is 3. The van der Waals surface area contributed by atoms with Gasteiger partial charge in [0.15, 0.2) is 11.3 Å². The molecule has 0 bridgehead atoms. The number of aromatic nitrogens is 12. The Hall–Kier alpha value is -10.8. The first kappa shape index (κ1) is 102. The SMILES string of the molecule is C[C@@H]1OCC2(CCN(c3ncc(Sc4ccnc5sccc45)c4nccn34)CC2)[C@@H]1N.C[C@@H]1OCC2(CCN(c3ncc(Sc4ccnc5sccc45)c4nccn34)CC2)[C@@H]1NC(=O)OC(C)(C)C.C[C@@H]1OCC2(CCN(c3ncc([S-])c4nccn34)CC2)[C@@H]1NC(=O)OC(C)(C)C.Clc1ccnc2sccc12.N=N/N=N/N=N/N=N/N=N/N=N/N=N/N=N/N.O=CC(F)(F)F.[2H]CF.[Na+]. The molecule has 0 saturated carbocycles. The van der Waals surface area contributed by atoms with Crippen LogP contribution in [0.5, 0.6) is 0 Å². The second-order valence-corrected chi connectivity index (χ2v) is 38.3. The van der Waals surface area contributed by atoms with Crippen molar-refractivity contribution in [2.24, 2.45) is 106 Å². The number of hydrogen-bond acceptors (Lipinski definition) is 29. The molecule has 18 heterocycles. The number of fused-ring (bicyclic) bond motifs is 6. The Labute approximate surface area is 818 Å². The van der Waals surface area contributed by atoms with Gasteiger partial charge >= 0.3 is 47.9 Å². The van der Waals surface area contributed by atoms with Crippen molar-refractivity contribution in [1.29, 1.82) is 5.53 Å². The van der Waals surface area contributed by atoms with Gasteiger partial charge in [0, 0.05) is 162 Å². The predicted octanol–water partition coefficient (Wildman–Crippen LogP) is 15.5. The number of carbonyl (C=O) groups is 3. The average Bonchev–Trinajstić information content (AvgIpc) is 1.65. The van der Waals surface area contributed by atoms with Crippen molar-refractivity contribution in [3.8, 4) is 0 Å². The van der Waals surface area contributed by atoms with Gasteiger partial charge in [-0.25, -0.2) is 54.4 Å². The standard InChI is InChI=1S/C27H32N6O3S2.C22H24N6OS2.C20H29N5O3S.C7H4ClNS.C2HF3O.CH3F.H3N17.Na/c1-17-21(31-25(34)36-26(2,3)4)27(16-35-17)7-11-32(12-8-27)24-30-15-20(22-28-10-13-33(22)24)38-19-5-9-29-23-18(19)6-14-37-23;1-14-18(23)22(13-29-14)4-8-27(9-5-22)21-26-12-17(19-24-7-10-28(19)21)31-16-2-6-25-20-15(16)3-11-30-20;1-13-15(23-18(26)28-19(2,3)4)20(12-27-13)5-8-24(9-6-20)17-22-11-14(29)16-21-7-10-25(16)17;8-6-1-3-9-7-5(6)2-4-10-7;3-2(4,5)1-6;1-2;1-3-5-7-9-11-13-15-17-16-14-12-10-8-6-4-2;/h5-6,9-10,13-15,17,21H,7-8,11-12,16H2,1-4H3,(H,31,34);2-3,6-7,10-12,14,18H,4-5,8-9,13,23H2,1H3;7,10-11,13,15,29H,5-6,8-9,12H2,1-4H3,(H,23,26);1-4H;1H;1H3;(H3,1,2,5,6,9,10,13,14,17);/q;;;;;;;+1/p-1/t17-,21+;14-,18+;13-,15+;;;;;/m000...../s1/i;;;;;1D;;. The molecule has 12 aromatic heterocycles. The number of ether oxygens (including phenoxy) is 5. The van der Waals surface area contributed by atoms with Crippen LogP contribution in [-0.4, -0.2) is 197 Å². The molecular weight excluding hydrogens is 1890 g/mol. The van der Waals surface area contributed by atoms with Crippen LogP contribution < -0.4 is 66.5 Å². The molecule has 0 aliphatic carbocycles. The minimum Gasteiger partial charge on any atom is -0.775 e. The van der Waals surface area contributed by atoms with Crippen LogP contribution in [-0.2, 0) is 41.1 Å². The van der Waals surface area contributed by atoms with E-state index in [1.165, 1.54) is 10.3 Å². The Morgan fingerprint density at radius 3 is 1.25 bits per heavy atom. The van der Waals surface area contributed by atoms with Crippen molar-refractivity contribution in [2.75, 3.05) is 80.9 Å². The maximum atomic E-state index is 12.6. The number of amides is 2. The Morgan fingerprint density at radius 2 is 0.881 bits per heavy atom. The number of alkyl carbamates (subject to hydrolysis) is 2. The normalized spacial score (nSPS) is 19.9. The minimum absolute atomic E-state index is 0. The molecule has 706 valence electrons. The van der Waals surface area contributed by atoms with E-state index in [2.05, 4.69) is 189 Å². The second kappa shape index (κ2) is 47.6. The number of alkyl halides is 4. The Kier molecular flexibility index (Phi) is 36.3. The summed E-state index contributed by atoms with van der Waals surface area (Å²) in [4.78, 5) is 89.8. The predicted molar refractivity (Wildman–Crippen MR) is 491 cm³/mol. The molecule has 0 aromatic carbocycles. The smallest absolute Gasteiger partial charge is 0.775 e. The first-order chi connectivity index (χ1) is 64.3. The van der Waals surface area contributed by atoms with Gasteiger partial charge in [0.05, 0.1) is 73.6 Å². The van der Waals surface area contributed by atoms with Crippen molar-refractivity contribution in [3.05, 3.63) is 132 Å². The van der Waals surface area contributed by atoms with Gasteiger partial charge in [-0.05, 0) is 227 Å². The molecule has 6 fully saturated rings. The number of halogens is 5. The van der Waals surface area contributed by atoms with Crippen LogP contribution >= 0.6 is 69.1 Å². The van der Waals surface area contributed by atoms with Gasteiger partial charge < -0.3 is 73.2 Å². The molecule has 55 heteroatoms. The molecule has 6 aliphatic heterocycles. The third-order valence-corrected chi connectivity index (χ3v) is 27.3. The summed E-state index contributed by atoms with van der Waals surface area (Å²) in [5.41, 5.74) is 14.1. The molecule has 6 aliphatic rings. The van der Waals surface area contributed by atoms with E-state index >= 15 is 0 Å². The monoisotopic (exact) mass is 1990 g/mol. The van der Waals surface area contributed by atoms with Gasteiger partial charge in [0.25, 0.3) is 0 Å². The van der Waals surface area contributed by atoms with Crippen LogP contribution in [0.25, 0.3) is 47.6 Å². The second-order valence-electron chi connectivity index (χ2n) is 32.6. The molecule has 3 spiro atoms. The van der Waals surface area contributed by atoms with Gasteiger partial charge in [0.2, 0.25) is 24.1 Å². The number of nitrogens with one attached hydrogen (secondary N) is 3. The average molecular weight is 1990 g/mol. The van der Waals surface area contributed by atoms with Crippen LogP contribution in [0.15, 0.2) is 230 Å². The fraction of sp³-hybridized carbons (Fsp3) is 0.468. The van der Waals surface area contributed by atoms with Gasteiger partial charge in [-0.1, -0.05) is 40.3 Å². The minimum atomic E-state index is -4.64. The van der Waals surface area contributed by atoms with Gasteiger partial charge in [-0.15, -0.1) is 38.9 Å². The number of rotatable bonds is 16. The van der Waals surface area contributed by atoms with Gasteiger partial charge in [0.1, 0.15) is 31.3 Å². The molecule has 2 amide bonds. The van der Waals surface area contributed by atoms with Gasteiger partial charge in [-0.2, -0.15) is 18.7 Å². The van der Waals surface area contributed by atoms with E-state index in [1.54, 1.807) is 82.2 Å². The molecule has 43 nitrogen and oxygen atoms in total. The van der Waals surface area contributed by atoms with Crippen LogP contribution in [0.1, 0.15) is 102 Å². The Morgan fingerprint density at radius 1 is 0.537 bits per heavy atom. The van der Waals surface area contributed by atoms with E-state index in [-0.39, 0.29) is 94.4 Å². The van der Waals surface area contributed by atoms with Crippen LogP contribution in [0, 0.1) is 21.8 Å². The van der Waals surface area contributed by atoms with Crippen LogP contribution in [0.3, 0.4) is 0 Å². The quantitative estimate of drug-likeness (QED) is 0.0114. The summed E-state index contributed by atoms with van der Waals surface area (Å²) in [7, 11) is -1.00. The summed E-state index contributed by atoms with van der Waals surface area (Å²) < 4.78 is 81.8. The number of nitrogens with zero attached hydrogens (tertiary/aromatic N) is 30. The zero-order valence-corrected chi connectivity index (χ0v) is 81.8. The number of carbonyl (C=O) groups excluding carboxylic acids is 3. The Bertz CT molecular complexity index is 6180. The molecule has 6 saturated heterocycles. The summed E-state index contributed by atoms with van der Waals surface area (Å²) in [5, 5.41) is 59.8.